The van der Waals surface area contributed by atoms with Crippen molar-refractivity contribution in [2.45, 2.75) is 45.6 Å². The molecule has 7 heteroatoms. The van der Waals surface area contributed by atoms with Crippen LogP contribution in [0.1, 0.15) is 39.5 Å². The van der Waals surface area contributed by atoms with Crippen LogP contribution in [0.25, 0.3) is 0 Å². The Morgan fingerprint density at radius 2 is 1.92 bits per heavy atom. The lowest BCUT2D eigenvalue weighted by Crippen LogP contribution is -2.40. The summed E-state index contributed by atoms with van der Waals surface area (Å²) in [5.74, 6) is 0.170. The number of hydrogen-bond acceptors (Lipinski definition) is 4. The summed E-state index contributed by atoms with van der Waals surface area (Å²) in [6.07, 6.45) is 3.14. The van der Waals surface area contributed by atoms with Crippen LogP contribution in [0.4, 0.5) is 11.4 Å². The van der Waals surface area contributed by atoms with E-state index in [1.54, 1.807) is 24.3 Å². The van der Waals surface area contributed by atoms with E-state index < -0.39 is 10.0 Å². The van der Waals surface area contributed by atoms with Gasteiger partial charge in [-0.05, 0) is 57.0 Å². The van der Waals surface area contributed by atoms with Gasteiger partial charge in [0.15, 0.2) is 0 Å². The van der Waals surface area contributed by atoms with Gasteiger partial charge in [0.25, 0.3) is 0 Å². The third kappa shape index (κ3) is 5.79. The highest BCUT2D eigenvalue weighted by molar-refractivity contribution is 7.92. The SMILES string of the molecule is CCCCS(=O)(=O)Nc1ccc(NC(=O)[C@H]2CCN[C@@H](C)C2)cc1. The number of sulfonamides is 1. The molecule has 3 N–H and O–H groups in total. The molecule has 0 aromatic heterocycles. The zero-order chi connectivity index (χ0) is 17.6. The molecule has 0 spiro atoms. The predicted molar refractivity (Wildman–Crippen MR) is 97.6 cm³/mol. The van der Waals surface area contributed by atoms with Crippen molar-refractivity contribution in [1.82, 2.24) is 5.32 Å². The molecule has 1 fully saturated rings. The maximum Gasteiger partial charge on any atom is 0.232 e. The average molecular weight is 353 g/mol. The van der Waals surface area contributed by atoms with Crippen LogP contribution in [-0.4, -0.2) is 32.7 Å². The Balaban J connectivity index is 1.91. The number of piperidine rings is 1. The molecule has 2 rings (SSSR count). The van der Waals surface area contributed by atoms with E-state index in [1.807, 2.05) is 6.92 Å². The summed E-state index contributed by atoms with van der Waals surface area (Å²) in [4.78, 5) is 12.3. The Morgan fingerprint density at radius 3 is 2.54 bits per heavy atom. The second-order valence-corrected chi connectivity index (χ2v) is 8.26. The van der Waals surface area contributed by atoms with Crippen LogP contribution in [0.15, 0.2) is 24.3 Å². The van der Waals surface area contributed by atoms with Gasteiger partial charge in [0, 0.05) is 23.3 Å². The molecule has 1 saturated heterocycles. The maximum absolute atomic E-state index is 12.3. The van der Waals surface area contributed by atoms with Crippen molar-refractivity contribution in [3.8, 4) is 0 Å². The normalized spacial score (nSPS) is 21.2. The molecular formula is C17H27N3O3S. The number of carbonyl (C=O) groups is 1. The van der Waals surface area contributed by atoms with Crippen molar-refractivity contribution in [3.63, 3.8) is 0 Å². The van der Waals surface area contributed by atoms with Crippen molar-refractivity contribution >= 4 is 27.3 Å². The third-order valence-electron chi connectivity index (χ3n) is 4.19. The van der Waals surface area contributed by atoms with E-state index in [4.69, 9.17) is 0 Å². The number of amides is 1. The van der Waals surface area contributed by atoms with Gasteiger partial charge in [-0.1, -0.05) is 13.3 Å². The highest BCUT2D eigenvalue weighted by Gasteiger charge is 2.24. The molecule has 2 atom stereocenters. The Bertz CT molecular complexity index is 644. The molecular weight excluding hydrogens is 326 g/mol. The second-order valence-electron chi connectivity index (χ2n) is 6.42. The van der Waals surface area contributed by atoms with Gasteiger partial charge >= 0.3 is 0 Å². The van der Waals surface area contributed by atoms with E-state index in [9.17, 15) is 13.2 Å². The first kappa shape index (κ1) is 18.7. The van der Waals surface area contributed by atoms with Crippen LogP contribution in [0.2, 0.25) is 0 Å². The summed E-state index contributed by atoms with van der Waals surface area (Å²) < 4.78 is 26.3. The first-order chi connectivity index (χ1) is 11.4. The van der Waals surface area contributed by atoms with Gasteiger partial charge in [0.2, 0.25) is 15.9 Å². The van der Waals surface area contributed by atoms with Crippen LogP contribution in [0.5, 0.6) is 0 Å². The summed E-state index contributed by atoms with van der Waals surface area (Å²) >= 11 is 0. The van der Waals surface area contributed by atoms with E-state index in [0.29, 0.717) is 23.8 Å². The van der Waals surface area contributed by atoms with Gasteiger partial charge in [-0.2, -0.15) is 0 Å². The van der Waals surface area contributed by atoms with Crippen LogP contribution in [0, 0.1) is 5.92 Å². The highest BCUT2D eigenvalue weighted by Crippen LogP contribution is 2.20. The maximum atomic E-state index is 12.3. The van der Waals surface area contributed by atoms with E-state index in [0.717, 1.165) is 25.8 Å². The summed E-state index contributed by atoms with van der Waals surface area (Å²) in [5.41, 5.74) is 1.20. The molecule has 24 heavy (non-hydrogen) atoms. The molecule has 1 aromatic rings. The molecule has 1 amide bonds. The number of anilines is 2. The lowest BCUT2D eigenvalue weighted by Gasteiger charge is -2.27. The number of rotatable bonds is 7. The fourth-order valence-corrected chi connectivity index (χ4v) is 4.07. The topological polar surface area (TPSA) is 87.3 Å². The monoisotopic (exact) mass is 353 g/mol. The molecule has 0 unspecified atom stereocenters. The second kappa shape index (κ2) is 8.48. The number of hydrogen-bond donors (Lipinski definition) is 3. The largest absolute Gasteiger partial charge is 0.326 e. The molecule has 1 aliphatic heterocycles. The van der Waals surface area contributed by atoms with Gasteiger partial charge in [-0.25, -0.2) is 8.42 Å². The first-order valence-electron chi connectivity index (χ1n) is 8.54. The first-order valence-corrected chi connectivity index (χ1v) is 10.2. The quantitative estimate of drug-likeness (QED) is 0.703. The number of unbranched alkanes of at least 4 members (excludes halogenated alkanes) is 1. The minimum atomic E-state index is -3.30. The van der Waals surface area contributed by atoms with Gasteiger partial charge in [0.1, 0.15) is 0 Å². The Labute approximate surface area is 144 Å². The van der Waals surface area contributed by atoms with E-state index in [1.165, 1.54) is 0 Å². The molecule has 134 valence electrons. The lowest BCUT2D eigenvalue weighted by molar-refractivity contribution is -0.120. The number of carbonyl (C=O) groups excluding carboxylic acids is 1. The fraction of sp³-hybridized carbons (Fsp3) is 0.588. The van der Waals surface area contributed by atoms with Crippen molar-refractivity contribution in [2.24, 2.45) is 5.92 Å². The zero-order valence-electron chi connectivity index (χ0n) is 14.3. The standard InChI is InChI=1S/C17H27N3O3S/c1-3-4-11-24(22,23)20-16-7-5-15(6-8-16)19-17(21)14-9-10-18-13(2)12-14/h5-8,13-14,18,20H,3-4,9-12H2,1-2H3,(H,19,21)/t13-,14-/m0/s1. The van der Waals surface area contributed by atoms with E-state index in [-0.39, 0.29) is 17.6 Å². The van der Waals surface area contributed by atoms with Crippen molar-refractivity contribution in [2.75, 3.05) is 22.3 Å². The van der Waals surface area contributed by atoms with Crippen molar-refractivity contribution < 1.29 is 13.2 Å². The lowest BCUT2D eigenvalue weighted by atomic mass is 9.92. The minimum Gasteiger partial charge on any atom is -0.326 e. The van der Waals surface area contributed by atoms with Crippen molar-refractivity contribution in [3.05, 3.63) is 24.3 Å². The molecule has 1 heterocycles. The molecule has 0 radical (unpaired) electrons. The van der Waals surface area contributed by atoms with Crippen LogP contribution in [0.3, 0.4) is 0 Å². The summed E-state index contributed by atoms with van der Waals surface area (Å²) in [6.45, 7) is 4.90. The van der Waals surface area contributed by atoms with Crippen LogP contribution >= 0.6 is 0 Å². The van der Waals surface area contributed by atoms with Crippen LogP contribution < -0.4 is 15.4 Å². The summed E-state index contributed by atoms with van der Waals surface area (Å²) in [5, 5.41) is 6.24. The Kier molecular flexibility index (Phi) is 6.62. The summed E-state index contributed by atoms with van der Waals surface area (Å²) in [7, 11) is -3.30. The molecule has 0 bridgehead atoms. The molecule has 0 aliphatic carbocycles. The Hall–Kier alpha value is -1.60. The van der Waals surface area contributed by atoms with Gasteiger partial charge in [-0.15, -0.1) is 0 Å². The van der Waals surface area contributed by atoms with Gasteiger partial charge in [-0.3, -0.25) is 9.52 Å². The van der Waals surface area contributed by atoms with Crippen molar-refractivity contribution in [1.29, 1.82) is 0 Å². The van der Waals surface area contributed by atoms with E-state index in [2.05, 4.69) is 22.3 Å². The number of benzene rings is 1. The molecule has 1 aromatic carbocycles. The van der Waals surface area contributed by atoms with Gasteiger partial charge < -0.3 is 10.6 Å². The van der Waals surface area contributed by atoms with E-state index >= 15 is 0 Å². The zero-order valence-corrected chi connectivity index (χ0v) is 15.2. The van der Waals surface area contributed by atoms with Gasteiger partial charge in [0.05, 0.1) is 5.75 Å². The average Bonchev–Trinajstić information content (AvgIpc) is 2.54. The molecule has 6 nitrogen and oxygen atoms in total. The summed E-state index contributed by atoms with van der Waals surface area (Å²) in [6, 6.07) is 7.14. The molecule has 1 aliphatic rings. The minimum absolute atomic E-state index is 0.0217. The predicted octanol–water partition coefficient (Wildman–Crippen LogP) is 2.56. The fourth-order valence-electron chi connectivity index (χ4n) is 2.80. The third-order valence-corrected chi connectivity index (χ3v) is 5.56. The number of nitrogens with one attached hydrogen (secondary N) is 3. The molecule has 0 saturated carbocycles. The van der Waals surface area contributed by atoms with Crippen LogP contribution in [-0.2, 0) is 14.8 Å². The Morgan fingerprint density at radius 1 is 1.25 bits per heavy atom. The highest BCUT2D eigenvalue weighted by atomic mass is 32.2. The smallest absolute Gasteiger partial charge is 0.232 e.